The number of nitrogens with two attached hydrogens (primary N) is 1. The van der Waals surface area contributed by atoms with E-state index >= 15 is 0 Å². The SMILES string of the molecule is CCc1cc(-c2nc(-c3cc(C)nc(N(C)C(C)C)c3)no2)cc(C)c1OC[C@@H](O)CC(O)C(N)=O. The lowest BCUT2D eigenvalue weighted by Crippen LogP contribution is -2.33. The summed E-state index contributed by atoms with van der Waals surface area (Å²) < 4.78 is 11.4. The molecule has 0 aliphatic heterocycles. The van der Waals surface area contributed by atoms with Crippen molar-refractivity contribution in [2.75, 3.05) is 18.6 Å². The molecule has 0 saturated heterocycles. The van der Waals surface area contributed by atoms with Crippen LogP contribution in [-0.4, -0.2) is 63.1 Å². The Morgan fingerprint density at radius 1 is 1.14 bits per heavy atom. The van der Waals surface area contributed by atoms with Crippen molar-refractivity contribution in [3.8, 4) is 28.6 Å². The molecule has 1 amide bonds. The third kappa shape index (κ3) is 6.38. The van der Waals surface area contributed by atoms with E-state index in [0.29, 0.717) is 29.9 Å². The molecule has 0 bridgehead atoms. The van der Waals surface area contributed by atoms with Crippen molar-refractivity contribution in [3.05, 3.63) is 41.1 Å². The van der Waals surface area contributed by atoms with Crippen molar-refractivity contribution in [2.45, 2.75) is 65.7 Å². The summed E-state index contributed by atoms with van der Waals surface area (Å²) in [6.07, 6.45) is -1.99. The highest BCUT2D eigenvalue weighted by molar-refractivity contribution is 5.78. The molecule has 3 aromatic rings. The average molecular weight is 498 g/mol. The van der Waals surface area contributed by atoms with Crippen molar-refractivity contribution in [2.24, 2.45) is 5.73 Å². The number of aryl methyl sites for hydroxylation is 3. The zero-order chi connectivity index (χ0) is 26.6. The van der Waals surface area contributed by atoms with Crippen LogP contribution in [0.25, 0.3) is 22.8 Å². The van der Waals surface area contributed by atoms with Gasteiger partial charge in [0.2, 0.25) is 11.7 Å². The van der Waals surface area contributed by atoms with E-state index in [1.54, 1.807) is 0 Å². The van der Waals surface area contributed by atoms with E-state index in [1.165, 1.54) is 0 Å². The molecule has 2 heterocycles. The van der Waals surface area contributed by atoms with Gasteiger partial charge in [-0.25, -0.2) is 4.98 Å². The Labute approximate surface area is 211 Å². The van der Waals surface area contributed by atoms with Crippen LogP contribution in [-0.2, 0) is 11.2 Å². The largest absolute Gasteiger partial charge is 0.490 e. The Hall–Kier alpha value is -3.50. The molecule has 2 aromatic heterocycles. The molecule has 0 aliphatic carbocycles. The van der Waals surface area contributed by atoms with E-state index < -0.39 is 18.1 Å². The van der Waals surface area contributed by atoms with Crippen LogP contribution in [0.15, 0.2) is 28.8 Å². The second-order valence-electron chi connectivity index (χ2n) is 9.24. The lowest BCUT2D eigenvalue weighted by atomic mass is 10.0. The van der Waals surface area contributed by atoms with Gasteiger partial charge in [0.1, 0.15) is 24.3 Å². The number of benzene rings is 1. The summed E-state index contributed by atoms with van der Waals surface area (Å²) in [6, 6.07) is 7.96. The zero-order valence-corrected chi connectivity index (χ0v) is 21.6. The summed E-state index contributed by atoms with van der Waals surface area (Å²) in [4.78, 5) is 22.3. The molecule has 10 nitrogen and oxygen atoms in total. The van der Waals surface area contributed by atoms with Gasteiger partial charge in [0.25, 0.3) is 5.89 Å². The van der Waals surface area contributed by atoms with Crippen molar-refractivity contribution in [3.63, 3.8) is 0 Å². The van der Waals surface area contributed by atoms with Crippen LogP contribution >= 0.6 is 0 Å². The number of aliphatic hydroxyl groups excluding tert-OH is 2. The maximum atomic E-state index is 11.0. The lowest BCUT2D eigenvalue weighted by molar-refractivity contribution is -0.127. The number of nitrogens with zero attached hydrogens (tertiary/aromatic N) is 4. The van der Waals surface area contributed by atoms with Gasteiger partial charge in [-0.1, -0.05) is 12.1 Å². The number of carbonyl (C=O) groups excluding carboxylic acids is 1. The number of carbonyl (C=O) groups is 1. The van der Waals surface area contributed by atoms with Gasteiger partial charge in [-0.3, -0.25) is 4.79 Å². The summed E-state index contributed by atoms with van der Waals surface area (Å²) in [5, 5.41) is 23.9. The first-order chi connectivity index (χ1) is 17.0. The maximum Gasteiger partial charge on any atom is 0.258 e. The average Bonchev–Trinajstić information content (AvgIpc) is 3.32. The van der Waals surface area contributed by atoms with E-state index in [-0.39, 0.29) is 13.0 Å². The fraction of sp³-hybridized carbons (Fsp3) is 0.462. The number of primary amides is 1. The van der Waals surface area contributed by atoms with Crippen molar-refractivity contribution >= 4 is 11.7 Å². The number of hydrogen-bond donors (Lipinski definition) is 3. The summed E-state index contributed by atoms with van der Waals surface area (Å²) in [5.74, 6) is 1.43. The molecule has 2 atom stereocenters. The van der Waals surface area contributed by atoms with Gasteiger partial charge in [-0.05, 0) is 69.5 Å². The highest BCUT2D eigenvalue weighted by atomic mass is 16.5. The van der Waals surface area contributed by atoms with Crippen LogP contribution in [0.5, 0.6) is 5.75 Å². The number of anilines is 1. The summed E-state index contributed by atoms with van der Waals surface area (Å²) in [5.41, 5.74) is 9.20. The summed E-state index contributed by atoms with van der Waals surface area (Å²) in [6.45, 7) is 9.93. The van der Waals surface area contributed by atoms with Crippen LogP contribution in [0.3, 0.4) is 0 Å². The molecule has 10 heteroatoms. The first kappa shape index (κ1) is 27.1. The third-order valence-electron chi connectivity index (χ3n) is 5.98. The van der Waals surface area contributed by atoms with E-state index in [0.717, 1.165) is 33.8 Å². The fourth-order valence-corrected chi connectivity index (χ4v) is 3.74. The summed E-state index contributed by atoms with van der Waals surface area (Å²) >= 11 is 0. The van der Waals surface area contributed by atoms with E-state index in [1.807, 2.05) is 52.1 Å². The molecule has 3 rings (SSSR count). The standard InChI is InChI=1S/C26H35N5O5/c1-7-17-10-19(8-15(4)23(17)35-13-20(32)12-21(33)24(27)34)26-29-25(30-36-26)18-9-16(5)28-22(11-18)31(6)14(2)3/h8-11,14,20-21,32-33H,7,12-13H2,1-6H3,(H2,27,34)/t20-,21?/m0/s1. The van der Waals surface area contributed by atoms with Crippen molar-refractivity contribution in [1.29, 1.82) is 0 Å². The Kier molecular flexibility index (Phi) is 8.65. The number of aliphatic hydroxyl groups is 2. The molecule has 36 heavy (non-hydrogen) atoms. The molecule has 0 spiro atoms. The van der Waals surface area contributed by atoms with E-state index in [4.69, 9.17) is 15.0 Å². The number of aromatic nitrogens is 3. The first-order valence-corrected chi connectivity index (χ1v) is 12.0. The van der Waals surface area contributed by atoms with Gasteiger partial charge in [0, 0.05) is 36.3 Å². The molecule has 0 radical (unpaired) electrons. The van der Waals surface area contributed by atoms with Crippen LogP contribution in [0.4, 0.5) is 5.82 Å². The zero-order valence-electron chi connectivity index (χ0n) is 21.6. The van der Waals surface area contributed by atoms with Crippen LogP contribution in [0.1, 0.15) is 44.0 Å². The molecule has 1 aromatic carbocycles. The normalized spacial score (nSPS) is 13.0. The fourth-order valence-electron chi connectivity index (χ4n) is 3.74. The number of pyridine rings is 1. The van der Waals surface area contributed by atoms with E-state index in [2.05, 4.69) is 33.9 Å². The second kappa shape index (κ2) is 11.5. The van der Waals surface area contributed by atoms with Crippen LogP contribution < -0.4 is 15.4 Å². The van der Waals surface area contributed by atoms with Crippen LogP contribution in [0, 0.1) is 13.8 Å². The molecule has 4 N–H and O–H groups in total. The van der Waals surface area contributed by atoms with Gasteiger partial charge in [-0.15, -0.1) is 0 Å². The Bertz CT molecular complexity index is 1210. The molecule has 194 valence electrons. The first-order valence-electron chi connectivity index (χ1n) is 12.0. The third-order valence-corrected chi connectivity index (χ3v) is 5.98. The van der Waals surface area contributed by atoms with Crippen molar-refractivity contribution < 1.29 is 24.3 Å². The molecule has 0 saturated carbocycles. The Balaban J connectivity index is 1.84. The number of hydrogen-bond acceptors (Lipinski definition) is 9. The Morgan fingerprint density at radius 3 is 2.50 bits per heavy atom. The number of amides is 1. The minimum absolute atomic E-state index is 0.0865. The topological polar surface area (TPSA) is 148 Å². The van der Waals surface area contributed by atoms with Gasteiger partial charge in [0.05, 0.1) is 6.10 Å². The molecular formula is C26H35N5O5. The maximum absolute atomic E-state index is 11.0. The number of ether oxygens (including phenoxy) is 1. The van der Waals surface area contributed by atoms with E-state index in [9.17, 15) is 15.0 Å². The highest BCUT2D eigenvalue weighted by Gasteiger charge is 2.20. The molecule has 0 fully saturated rings. The molecular weight excluding hydrogens is 462 g/mol. The van der Waals surface area contributed by atoms with Gasteiger partial charge >= 0.3 is 0 Å². The molecule has 0 aliphatic rings. The predicted molar refractivity (Wildman–Crippen MR) is 137 cm³/mol. The van der Waals surface area contributed by atoms with Gasteiger partial charge < -0.3 is 30.1 Å². The van der Waals surface area contributed by atoms with Crippen molar-refractivity contribution in [1.82, 2.24) is 15.1 Å². The number of rotatable bonds is 11. The Morgan fingerprint density at radius 2 is 1.86 bits per heavy atom. The lowest BCUT2D eigenvalue weighted by Gasteiger charge is -2.23. The minimum Gasteiger partial charge on any atom is -0.490 e. The highest BCUT2D eigenvalue weighted by Crippen LogP contribution is 2.32. The monoisotopic (exact) mass is 497 g/mol. The summed E-state index contributed by atoms with van der Waals surface area (Å²) in [7, 11) is 2.00. The van der Waals surface area contributed by atoms with Gasteiger partial charge in [0.15, 0.2) is 0 Å². The smallest absolute Gasteiger partial charge is 0.258 e. The molecule has 1 unspecified atom stereocenters. The van der Waals surface area contributed by atoms with Crippen LogP contribution in [0.2, 0.25) is 0 Å². The van der Waals surface area contributed by atoms with Gasteiger partial charge in [-0.2, -0.15) is 4.98 Å². The minimum atomic E-state index is -1.42. The quantitative estimate of drug-likeness (QED) is 0.364. The second-order valence-corrected chi connectivity index (χ2v) is 9.24. The predicted octanol–water partition coefficient (Wildman–Crippen LogP) is 2.80.